The van der Waals surface area contributed by atoms with Crippen molar-refractivity contribution < 1.29 is 4.79 Å². The largest absolute Gasteiger partial charge is 0.349 e. The Morgan fingerprint density at radius 3 is 2.70 bits per heavy atom. The summed E-state index contributed by atoms with van der Waals surface area (Å²) in [6, 6.07) is 15.0. The minimum atomic E-state index is -0.187. The highest BCUT2D eigenvalue weighted by Gasteiger charge is 2.14. The second kappa shape index (κ2) is 9.21. The van der Waals surface area contributed by atoms with Crippen LogP contribution in [0.1, 0.15) is 24.1 Å². The zero-order chi connectivity index (χ0) is 19.2. The fourth-order valence-electron chi connectivity index (χ4n) is 2.43. The molecule has 2 aromatic carbocycles. The van der Waals surface area contributed by atoms with Gasteiger partial charge in [-0.2, -0.15) is 0 Å². The molecule has 1 unspecified atom stereocenters. The van der Waals surface area contributed by atoms with E-state index in [1.54, 1.807) is 16.8 Å². The highest BCUT2D eigenvalue weighted by Crippen LogP contribution is 2.25. The summed E-state index contributed by atoms with van der Waals surface area (Å²) in [6.45, 7) is 2.44. The van der Waals surface area contributed by atoms with Crippen LogP contribution in [0.2, 0.25) is 10.0 Å². The first-order valence-electron chi connectivity index (χ1n) is 8.20. The lowest BCUT2D eigenvalue weighted by Gasteiger charge is -2.14. The van der Waals surface area contributed by atoms with Crippen molar-refractivity contribution >= 4 is 40.9 Å². The van der Waals surface area contributed by atoms with Crippen LogP contribution in [0.4, 0.5) is 0 Å². The number of carbonyl (C=O) groups is 1. The molecule has 3 rings (SSSR count). The second-order valence-electron chi connectivity index (χ2n) is 5.86. The lowest BCUT2D eigenvalue weighted by atomic mass is 10.1. The van der Waals surface area contributed by atoms with E-state index in [1.807, 2.05) is 43.3 Å². The standard InChI is InChI=1S/C18H17Cl2N5OS/c1-12(14-7-8-15(19)16(20)9-14)21-17(26)11-27-18-22-23-24-25(18)10-13-5-3-2-4-6-13/h2-9,12H,10-11H2,1H3,(H,21,26). The molecule has 0 aliphatic carbocycles. The van der Waals surface area contributed by atoms with Gasteiger partial charge in [-0.15, -0.1) is 5.10 Å². The number of nitrogens with one attached hydrogen (secondary N) is 1. The maximum Gasteiger partial charge on any atom is 0.230 e. The fourth-order valence-corrected chi connectivity index (χ4v) is 3.43. The molecule has 0 radical (unpaired) electrons. The summed E-state index contributed by atoms with van der Waals surface area (Å²) in [4.78, 5) is 12.3. The molecule has 0 saturated carbocycles. The first kappa shape index (κ1) is 19.7. The summed E-state index contributed by atoms with van der Waals surface area (Å²) in [6.07, 6.45) is 0. The molecule has 140 valence electrons. The summed E-state index contributed by atoms with van der Waals surface area (Å²) in [7, 11) is 0. The Balaban J connectivity index is 1.55. The third kappa shape index (κ3) is 5.45. The van der Waals surface area contributed by atoms with Gasteiger partial charge < -0.3 is 5.32 Å². The molecule has 0 saturated heterocycles. The first-order valence-corrected chi connectivity index (χ1v) is 9.94. The lowest BCUT2D eigenvalue weighted by Crippen LogP contribution is -2.28. The summed E-state index contributed by atoms with van der Waals surface area (Å²) < 4.78 is 1.68. The van der Waals surface area contributed by atoms with Crippen molar-refractivity contribution in [1.82, 2.24) is 25.5 Å². The van der Waals surface area contributed by atoms with E-state index in [9.17, 15) is 4.79 Å². The molecule has 0 fully saturated rings. The number of rotatable bonds is 7. The minimum Gasteiger partial charge on any atom is -0.349 e. The SMILES string of the molecule is CC(NC(=O)CSc1nnnn1Cc1ccccc1)c1ccc(Cl)c(Cl)c1. The van der Waals surface area contributed by atoms with E-state index in [4.69, 9.17) is 23.2 Å². The number of amides is 1. The van der Waals surface area contributed by atoms with Crippen LogP contribution < -0.4 is 5.32 Å². The van der Waals surface area contributed by atoms with Gasteiger partial charge >= 0.3 is 0 Å². The molecule has 1 aromatic heterocycles. The van der Waals surface area contributed by atoms with Crippen LogP contribution in [0.5, 0.6) is 0 Å². The van der Waals surface area contributed by atoms with Crippen molar-refractivity contribution in [2.75, 3.05) is 5.75 Å². The van der Waals surface area contributed by atoms with Crippen LogP contribution >= 0.6 is 35.0 Å². The Labute approximate surface area is 171 Å². The first-order chi connectivity index (χ1) is 13.0. The van der Waals surface area contributed by atoms with Crippen LogP contribution in [0, 0.1) is 0 Å². The van der Waals surface area contributed by atoms with Gasteiger partial charge in [0.15, 0.2) is 0 Å². The summed E-state index contributed by atoms with van der Waals surface area (Å²) in [5.41, 5.74) is 1.97. The summed E-state index contributed by atoms with van der Waals surface area (Å²) >= 11 is 13.3. The molecule has 27 heavy (non-hydrogen) atoms. The molecule has 1 heterocycles. The summed E-state index contributed by atoms with van der Waals surface area (Å²) in [5, 5.41) is 16.2. The number of thioether (sulfide) groups is 1. The van der Waals surface area contributed by atoms with E-state index in [0.717, 1.165) is 11.1 Å². The van der Waals surface area contributed by atoms with Crippen LogP contribution in [-0.4, -0.2) is 31.9 Å². The average Bonchev–Trinajstić information content (AvgIpc) is 3.10. The molecule has 0 bridgehead atoms. The van der Waals surface area contributed by atoms with Crippen LogP contribution in [0.15, 0.2) is 53.7 Å². The smallest absolute Gasteiger partial charge is 0.230 e. The Kier molecular flexibility index (Phi) is 6.71. The van der Waals surface area contributed by atoms with Crippen LogP contribution in [0.3, 0.4) is 0 Å². The topological polar surface area (TPSA) is 72.7 Å². The van der Waals surface area contributed by atoms with E-state index < -0.39 is 0 Å². The van der Waals surface area contributed by atoms with Gasteiger partial charge in [0.1, 0.15) is 0 Å². The molecule has 1 atom stereocenters. The molecule has 0 spiro atoms. The minimum absolute atomic E-state index is 0.118. The molecular formula is C18H17Cl2N5OS. The Morgan fingerprint density at radius 1 is 1.19 bits per heavy atom. The zero-order valence-electron chi connectivity index (χ0n) is 14.5. The number of tetrazole rings is 1. The second-order valence-corrected chi connectivity index (χ2v) is 7.61. The molecule has 3 aromatic rings. The highest BCUT2D eigenvalue weighted by atomic mass is 35.5. The third-order valence-electron chi connectivity index (χ3n) is 3.83. The number of carbonyl (C=O) groups excluding carboxylic acids is 1. The quantitative estimate of drug-likeness (QED) is 0.583. The van der Waals surface area contributed by atoms with E-state index in [-0.39, 0.29) is 17.7 Å². The molecule has 6 nitrogen and oxygen atoms in total. The number of nitrogens with zero attached hydrogens (tertiary/aromatic N) is 4. The number of benzene rings is 2. The van der Waals surface area contributed by atoms with Gasteiger partial charge in [-0.3, -0.25) is 4.79 Å². The molecule has 0 aliphatic heterocycles. The Morgan fingerprint density at radius 2 is 1.96 bits per heavy atom. The van der Waals surface area contributed by atoms with Gasteiger partial charge in [-0.25, -0.2) is 4.68 Å². The number of hydrogen-bond donors (Lipinski definition) is 1. The average molecular weight is 422 g/mol. The maximum atomic E-state index is 12.3. The van der Waals surface area contributed by atoms with E-state index in [1.165, 1.54) is 11.8 Å². The van der Waals surface area contributed by atoms with Crippen LogP contribution in [-0.2, 0) is 11.3 Å². The van der Waals surface area contributed by atoms with Crippen molar-refractivity contribution in [2.24, 2.45) is 0 Å². The van der Waals surface area contributed by atoms with E-state index in [2.05, 4.69) is 20.8 Å². The van der Waals surface area contributed by atoms with Gasteiger partial charge in [-0.1, -0.05) is 71.4 Å². The monoisotopic (exact) mass is 421 g/mol. The van der Waals surface area contributed by atoms with Crippen molar-refractivity contribution in [3.8, 4) is 0 Å². The fraction of sp³-hybridized carbons (Fsp3) is 0.222. The number of aromatic nitrogens is 4. The maximum absolute atomic E-state index is 12.3. The predicted molar refractivity (Wildman–Crippen MR) is 107 cm³/mol. The van der Waals surface area contributed by atoms with E-state index in [0.29, 0.717) is 21.7 Å². The van der Waals surface area contributed by atoms with Crippen LogP contribution in [0.25, 0.3) is 0 Å². The van der Waals surface area contributed by atoms with Crippen molar-refractivity contribution in [3.63, 3.8) is 0 Å². The molecule has 1 amide bonds. The zero-order valence-corrected chi connectivity index (χ0v) is 16.8. The van der Waals surface area contributed by atoms with Gasteiger partial charge in [-0.05, 0) is 40.6 Å². The van der Waals surface area contributed by atoms with Gasteiger partial charge in [0.25, 0.3) is 0 Å². The predicted octanol–water partition coefficient (Wildman–Crippen LogP) is 4.00. The lowest BCUT2D eigenvalue weighted by molar-refractivity contribution is -0.119. The normalized spacial score (nSPS) is 12.0. The van der Waals surface area contributed by atoms with Crippen molar-refractivity contribution in [2.45, 2.75) is 24.7 Å². The Bertz CT molecular complexity index is 919. The molecule has 9 heteroatoms. The number of halogens is 2. The van der Waals surface area contributed by atoms with Gasteiger partial charge in [0, 0.05) is 0 Å². The molecular weight excluding hydrogens is 405 g/mol. The molecule has 1 N–H and O–H groups in total. The van der Waals surface area contributed by atoms with Crippen molar-refractivity contribution in [3.05, 3.63) is 69.7 Å². The van der Waals surface area contributed by atoms with Gasteiger partial charge in [0.05, 0.1) is 28.4 Å². The van der Waals surface area contributed by atoms with E-state index >= 15 is 0 Å². The third-order valence-corrected chi connectivity index (χ3v) is 5.52. The van der Waals surface area contributed by atoms with Gasteiger partial charge in [0.2, 0.25) is 11.1 Å². The highest BCUT2D eigenvalue weighted by molar-refractivity contribution is 7.99. The number of hydrogen-bond acceptors (Lipinski definition) is 5. The summed E-state index contributed by atoms with van der Waals surface area (Å²) in [5.74, 6) is 0.0914. The molecule has 0 aliphatic rings. The van der Waals surface area contributed by atoms with Crippen molar-refractivity contribution in [1.29, 1.82) is 0 Å². The Hall–Kier alpha value is -2.09.